The molecule has 0 saturated carbocycles. The molecular formula is C9H11N5O. The number of hydrazine groups is 1. The normalized spacial score (nSPS) is 10.3. The van der Waals surface area contributed by atoms with E-state index in [9.17, 15) is 4.79 Å². The summed E-state index contributed by atoms with van der Waals surface area (Å²) in [7, 11) is 1.66. The van der Waals surface area contributed by atoms with Crippen LogP contribution in [0.2, 0.25) is 0 Å². The zero-order valence-electron chi connectivity index (χ0n) is 8.19. The molecule has 0 bridgehead atoms. The van der Waals surface area contributed by atoms with Gasteiger partial charge in [-0.15, -0.1) is 0 Å². The first kappa shape index (κ1) is 9.47. The molecule has 15 heavy (non-hydrogen) atoms. The third-order valence-electron chi connectivity index (χ3n) is 2.19. The Hall–Kier alpha value is -2.08. The van der Waals surface area contributed by atoms with Crippen LogP contribution in [0.25, 0.3) is 11.4 Å². The number of aromatic nitrogens is 3. The second-order valence-corrected chi connectivity index (χ2v) is 3.13. The average Bonchev–Trinajstić information content (AvgIpc) is 2.60. The lowest BCUT2D eigenvalue weighted by Crippen LogP contribution is -2.13. The van der Waals surface area contributed by atoms with Crippen LogP contribution in [0.3, 0.4) is 0 Å². The summed E-state index contributed by atoms with van der Waals surface area (Å²) in [5.41, 5.74) is 3.96. The fourth-order valence-corrected chi connectivity index (χ4v) is 1.32. The van der Waals surface area contributed by atoms with Gasteiger partial charge in [0.15, 0.2) is 5.82 Å². The van der Waals surface area contributed by atoms with Gasteiger partial charge in [-0.05, 0) is 24.3 Å². The number of nitrogens with two attached hydrogens (primary N) is 1. The van der Waals surface area contributed by atoms with Gasteiger partial charge in [0.25, 0.3) is 0 Å². The van der Waals surface area contributed by atoms with Crippen LogP contribution >= 0.6 is 0 Å². The van der Waals surface area contributed by atoms with Crippen LogP contribution < -0.4 is 17.0 Å². The van der Waals surface area contributed by atoms with E-state index in [1.165, 1.54) is 4.57 Å². The maximum atomic E-state index is 11.1. The van der Waals surface area contributed by atoms with Gasteiger partial charge in [0, 0.05) is 18.3 Å². The van der Waals surface area contributed by atoms with Crippen LogP contribution in [0, 0.1) is 0 Å². The molecule has 4 N–H and O–H groups in total. The van der Waals surface area contributed by atoms with Crippen molar-refractivity contribution in [2.75, 3.05) is 5.43 Å². The molecule has 6 heteroatoms. The first-order valence-corrected chi connectivity index (χ1v) is 4.41. The van der Waals surface area contributed by atoms with Crippen LogP contribution in [0.5, 0.6) is 0 Å². The molecule has 2 rings (SSSR count). The molecule has 0 unspecified atom stereocenters. The highest BCUT2D eigenvalue weighted by molar-refractivity contribution is 5.59. The summed E-state index contributed by atoms with van der Waals surface area (Å²) in [4.78, 5) is 11.1. The van der Waals surface area contributed by atoms with Crippen molar-refractivity contribution in [1.82, 2.24) is 14.8 Å². The summed E-state index contributed by atoms with van der Waals surface area (Å²) in [6, 6.07) is 7.30. The maximum Gasteiger partial charge on any atom is 0.343 e. The Morgan fingerprint density at radius 2 is 2.07 bits per heavy atom. The van der Waals surface area contributed by atoms with Crippen LogP contribution in [0.1, 0.15) is 0 Å². The quantitative estimate of drug-likeness (QED) is 0.478. The number of hydrogen-bond acceptors (Lipinski definition) is 4. The van der Waals surface area contributed by atoms with Gasteiger partial charge < -0.3 is 5.43 Å². The first-order chi connectivity index (χ1) is 7.22. The van der Waals surface area contributed by atoms with Gasteiger partial charge in [0.2, 0.25) is 0 Å². The smallest absolute Gasteiger partial charge is 0.324 e. The van der Waals surface area contributed by atoms with E-state index in [-0.39, 0.29) is 5.69 Å². The third-order valence-corrected chi connectivity index (χ3v) is 2.19. The number of hydrogen-bond donors (Lipinski definition) is 3. The van der Waals surface area contributed by atoms with E-state index >= 15 is 0 Å². The van der Waals surface area contributed by atoms with Crippen molar-refractivity contribution >= 4 is 5.69 Å². The third kappa shape index (κ3) is 1.62. The maximum absolute atomic E-state index is 11.1. The Morgan fingerprint density at radius 1 is 1.40 bits per heavy atom. The standard InChI is InChI=1S/C9H11N5O/c1-14-8(12-13-9(14)15)6-2-4-7(11-10)5-3-6/h2-5,11H,10H2,1H3,(H,13,15). The van der Waals surface area contributed by atoms with Gasteiger partial charge in [-0.2, -0.15) is 5.10 Å². The summed E-state index contributed by atoms with van der Waals surface area (Å²) in [5, 5.41) is 6.30. The summed E-state index contributed by atoms with van der Waals surface area (Å²) < 4.78 is 1.45. The number of nitrogens with one attached hydrogen (secondary N) is 2. The number of anilines is 1. The lowest BCUT2D eigenvalue weighted by Gasteiger charge is -2.02. The van der Waals surface area contributed by atoms with Crippen molar-refractivity contribution < 1.29 is 0 Å². The molecule has 0 aliphatic rings. The highest BCUT2D eigenvalue weighted by atomic mass is 16.1. The van der Waals surface area contributed by atoms with Crippen molar-refractivity contribution in [2.24, 2.45) is 12.9 Å². The number of H-pyrrole nitrogens is 1. The van der Waals surface area contributed by atoms with Crippen molar-refractivity contribution in [3.05, 3.63) is 34.7 Å². The number of aromatic amines is 1. The largest absolute Gasteiger partial charge is 0.343 e. The Labute approximate surface area is 85.7 Å². The lowest BCUT2D eigenvalue weighted by molar-refractivity contribution is 0.869. The Morgan fingerprint density at radius 3 is 2.53 bits per heavy atom. The van der Waals surface area contributed by atoms with E-state index in [2.05, 4.69) is 15.6 Å². The fourth-order valence-electron chi connectivity index (χ4n) is 1.32. The van der Waals surface area contributed by atoms with Crippen molar-refractivity contribution in [1.29, 1.82) is 0 Å². The van der Waals surface area contributed by atoms with Gasteiger partial charge >= 0.3 is 5.69 Å². The van der Waals surface area contributed by atoms with E-state index in [4.69, 9.17) is 5.84 Å². The molecule has 0 atom stereocenters. The highest BCUT2D eigenvalue weighted by Crippen LogP contribution is 2.16. The van der Waals surface area contributed by atoms with E-state index in [0.717, 1.165) is 11.3 Å². The molecule has 78 valence electrons. The molecule has 0 fully saturated rings. The monoisotopic (exact) mass is 205 g/mol. The van der Waals surface area contributed by atoms with Crippen LogP contribution in [-0.4, -0.2) is 14.8 Å². The van der Waals surface area contributed by atoms with E-state index < -0.39 is 0 Å². The number of benzene rings is 1. The van der Waals surface area contributed by atoms with Gasteiger partial charge in [-0.3, -0.25) is 10.4 Å². The zero-order valence-corrected chi connectivity index (χ0v) is 8.19. The molecule has 1 heterocycles. The lowest BCUT2D eigenvalue weighted by atomic mass is 10.2. The van der Waals surface area contributed by atoms with Crippen LogP contribution in [0.15, 0.2) is 29.1 Å². The van der Waals surface area contributed by atoms with Crippen LogP contribution in [-0.2, 0) is 7.05 Å². The van der Waals surface area contributed by atoms with Gasteiger partial charge in [0.05, 0.1) is 0 Å². The van der Waals surface area contributed by atoms with E-state index in [1.54, 1.807) is 7.05 Å². The Kier molecular flexibility index (Phi) is 2.26. The van der Waals surface area contributed by atoms with Crippen molar-refractivity contribution in [3.63, 3.8) is 0 Å². The van der Waals surface area contributed by atoms with Crippen molar-refractivity contribution in [2.45, 2.75) is 0 Å². The summed E-state index contributed by atoms with van der Waals surface area (Å²) in [6.45, 7) is 0. The van der Waals surface area contributed by atoms with Gasteiger partial charge in [0.1, 0.15) is 0 Å². The number of rotatable bonds is 2. The summed E-state index contributed by atoms with van der Waals surface area (Å²) >= 11 is 0. The first-order valence-electron chi connectivity index (χ1n) is 4.41. The molecule has 0 amide bonds. The summed E-state index contributed by atoms with van der Waals surface area (Å²) in [5.74, 6) is 5.85. The predicted octanol–water partition coefficient (Wildman–Crippen LogP) is 0.0610. The molecule has 6 nitrogen and oxygen atoms in total. The van der Waals surface area contributed by atoms with E-state index in [0.29, 0.717) is 5.82 Å². The second kappa shape index (κ2) is 3.58. The van der Waals surface area contributed by atoms with Gasteiger partial charge in [-0.25, -0.2) is 9.89 Å². The minimum atomic E-state index is -0.231. The molecule has 0 spiro atoms. The average molecular weight is 205 g/mol. The van der Waals surface area contributed by atoms with Crippen LogP contribution in [0.4, 0.5) is 5.69 Å². The highest BCUT2D eigenvalue weighted by Gasteiger charge is 2.06. The molecule has 1 aromatic carbocycles. The predicted molar refractivity (Wildman–Crippen MR) is 57.1 cm³/mol. The SMILES string of the molecule is Cn1c(-c2ccc(NN)cc2)n[nH]c1=O. The van der Waals surface area contributed by atoms with Crippen molar-refractivity contribution in [3.8, 4) is 11.4 Å². The molecule has 0 radical (unpaired) electrons. The Balaban J connectivity index is 2.46. The Bertz CT molecular complexity index is 510. The second-order valence-electron chi connectivity index (χ2n) is 3.13. The summed E-state index contributed by atoms with van der Waals surface area (Å²) in [6.07, 6.45) is 0. The molecule has 0 saturated heterocycles. The molecule has 1 aromatic heterocycles. The molecule has 2 aromatic rings. The number of nitrogens with zero attached hydrogens (tertiary/aromatic N) is 2. The topological polar surface area (TPSA) is 88.7 Å². The van der Waals surface area contributed by atoms with E-state index in [1.807, 2.05) is 24.3 Å². The molecular weight excluding hydrogens is 194 g/mol. The minimum Gasteiger partial charge on any atom is -0.324 e. The zero-order chi connectivity index (χ0) is 10.8. The number of nitrogen functional groups attached to an aromatic ring is 1. The molecule has 0 aliphatic heterocycles. The minimum absolute atomic E-state index is 0.231. The fraction of sp³-hybridized carbons (Fsp3) is 0.111. The van der Waals surface area contributed by atoms with Gasteiger partial charge in [-0.1, -0.05) is 0 Å². The molecule has 0 aliphatic carbocycles.